The van der Waals surface area contributed by atoms with E-state index >= 15 is 0 Å². The maximum Gasteiger partial charge on any atom is 0.256 e. The Morgan fingerprint density at radius 3 is 2.24 bits per heavy atom. The maximum absolute atomic E-state index is 12.8. The average Bonchev–Trinajstić information content (AvgIpc) is 2.72. The molecule has 0 saturated carbocycles. The third kappa shape index (κ3) is 5.56. The van der Waals surface area contributed by atoms with Crippen LogP contribution in [0.25, 0.3) is 0 Å². The molecule has 0 radical (unpaired) electrons. The van der Waals surface area contributed by atoms with Gasteiger partial charge in [0.25, 0.3) is 11.8 Å². The Bertz CT molecular complexity index is 862. The summed E-state index contributed by atoms with van der Waals surface area (Å²) in [6.07, 6.45) is 1.91. The van der Waals surface area contributed by atoms with Gasteiger partial charge in [0.05, 0.1) is 11.3 Å². The highest BCUT2D eigenvalue weighted by Gasteiger charge is 2.19. The zero-order chi connectivity index (χ0) is 21.6. The molecule has 0 saturated heterocycles. The lowest BCUT2D eigenvalue weighted by Gasteiger charge is -2.18. The zero-order valence-electron chi connectivity index (χ0n) is 18.1. The van der Waals surface area contributed by atoms with Gasteiger partial charge in [-0.25, -0.2) is 9.97 Å². The van der Waals surface area contributed by atoms with E-state index in [0.717, 1.165) is 11.4 Å². The van der Waals surface area contributed by atoms with Gasteiger partial charge < -0.3 is 10.2 Å². The first-order chi connectivity index (χ1) is 13.8. The summed E-state index contributed by atoms with van der Waals surface area (Å²) in [4.78, 5) is 36.0. The van der Waals surface area contributed by atoms with E-state index in [4.69, 9.17) is 0 Å². The second-order valence-corrected chi connectivity index (χ2v) is 7.86. The topological polar surface area (TPSA) is 75.2 Å². The number of rotatable bonds is 8. The van der Waals surface area contributed by atoms with E-state index < -0.39 is 0 Å². The fourth-order valence-corrected chi connectivity index (χ4v) is 3.59. The van der Waals surface area contributed by atoms with Crippen molar-refractivity contribution in [1.82, 2.24) is 20.2 Å². The number of nitrogens with zero attached hydrogens (tertiary/aromatic N) is 3. The van der Waals surface area contributed by atoms with Crippen LogP contribution >= 0.6 is 11.8 Å². The molecule has 0 bridgehead atoms. The molecule has 0 spiro atoms. The van der Waals surface area contributed by atoms with Crippen molar-refractivity contribution in [3.05, 3.63) is 52.5 Å². The fraction of sp³-hybridized carbons (Fsp3) is 0.455. The molecule has 2 amide bonds. The van der Waals surface area contributed by atoms with E-state index in [9.17, 15) is 9.59 Å². The van der Waals surface area contributed by atoms with Gasteiger partial charge in [-0.1, -0.05) is 26.0 Å². The number of amides is 2. The molecular weight excluding hydrogens is 384 g/mol. The van der Waals surface area contributed by atoms with Crippen LogP contribution in [0.4, 0.5) is 0 Å². The third-order valence-electron chi connectivity index (χ3n) is 4.72. The number of carbonyl (C=O) groups is 2. The van der Waals surface area contributed by atoms with Gasteiger partial charge in [-0.2, -0.15) is 0 Å². The summed E-state index contributed by atoms with van der Waals surface area (Å²) in [6, 6.07) is 7.36. The zero-order valence-corrected chi connectivity index (χ0v) is 18.9. The predicted octanol–water partition coefficient (Wildman–Crippen LogP) is 4.04. The van der Waals surface area contributed by atoms with Crippen LogP contribution in [-0.2, 0) is 6.54 Å². The smallest absolute Gasteiger partial charge is 0.256 e. The maximum atomic E-state index is 12.8. The molecule has 6 nitrogen and oxygen atoms in total. The predicted molar refractivity (Wildman–Crippen MR) is 118 cm³/mol. The van der Waals surface area contributed by atoms with E-state index in [2.05, 4.69) is 15.3 Å². The molecule has 0 aliphatic rings. The number of hydrogen-bond acceptors (Lipinski definition) is 5. The second kappa shape index (κ2) is 10.4. The summed E-state index contributed by atoms with van der Waals surface area (Å²) < 4.78 is 0. The number of nitrogens with one attached hydrogen (secondary N) is 1. The highest BCUT2D eigenvalue weighted by molar-refractivity contribution is 7.98. The van der Waals surface area contributed by atoms with Gasteiger partial charge in [0.2, 0.25) is 0 Å². The molecular formula is C22H30N4O2S. The third-order valence-corrected chi connectivity index (χ3v) is 5.40. The van der Waals surface area contributed by atoms with Gasteiger partial charge in [-0.3, -0.25) is 9.59 Å². The van der Waals surface area contributed by atoms with Crippen LogP contribution in [0.15, 0.2) is 29.3 Å². The number of carbonyl (C=O) groups excluding carboxylic acids is 2. The Morgan fingerprint density at radius 2 is 1.72 bits per heavy atom. The largest absolute Gasteiger partial charge is 0.348 e. The lowest BCUT2D eigenvalue weighted by molar-refractivity contribution is 0.0772. The van der Waals surface area contributed by atoms with E-state index in [1.54, 1.807) is 17.0 Å². The van der Waals surface area contributed by atoms with E-state index in [-0.39, 0.29) is 17.7 Å². The van der Waals surface area contributed by atoms with Crippen molar-refractivity contribution in [2.45, 2.75) is 52.1 Å². The Hall–Kier alpha value is -2.41. The van der Waals surface area contributed by atoms with Gasteiger partial charge >= 0.3 is 0 Å². The average molecular weight is 415 g/mol. The summed E-state index contributed by atoms with van der Waals surface area (Å²) in [5.41, 5.74) is 2.79. The van der Waals surface area contributed by atoms with Crippen LogP contribution in [-0.4, -0.2) is 46.0 Å². The van der Waals surface area contributed by atoms with Crippen molar-refractivity contribution in [3.8, 4) is 0 Å². The molecule has 1 aromatic carbocycles. The highest BCUT2D eigenvalue weighted by Crippen LogP contribution is 2.23. The molecule has 156 valence electrons. The number of aryl methyl sites for hydroxylation is 1. The van der Waals surface area contributed by atoms with E-state index in [0.29, 0.717) is 41.5 Å². The minimum Gasteiger partial charge on any atom is -0.348 e. The minimum atomic E-state index is -0.189. The molecule has 0 fully saturated rings. The van der Waals surface area contributed by atoms with Crippen LogP contribution in [0, 0.1) is 6.92 Å². The van der Waals surface area contributed by atoms with Crippen LogP contribution in [0.1, 0.15) is 71.4 Å². The molecule has 0 aliphatic carbocycles. The monoisotopic (exact) mass is 414 g/mol. The second-order valence-electron chi connectivity index (χ2n) is 7.06. The fourth-order valence-electron chi connectivity index (χ4n) is 2.96. The van der Waals surface area contributed by atoms with Gasteiger partial charge in [0.15, 0.2) is 0 Å². The van der Waals surface area contributed by atoms with Crippen LogP contribution in [0.5, 0.6) is 0 Å². The Labute approximate surface area is 177 Å². The van der Waals surface area contributed by atoms with Crippen LogP contribution in [0.2, 0.25) is 0 Å². The first-order valence-corrected chi connectivity index (χ1v) is 11.1. The van der Waals surface area contributed by atoms with Crippen molar-refractivity contribution in [2.24, 2.45) is 0 Å². The van der Waals surface area contributed by atoms with Crippen LogP contribution < -0.4 is 5.32 Å². The molecule has 1 aromatic heterocycles. The minimum absolute atomic E-state index is 0.0215. The quantitative estimate of drug-likeness (QED) is 0.521. The molecule has 29 heavy (non-hydrogen) atoms. The van der Waals surface area contributed by atoms with E-state index in [1.807, 2.05) is 53.0 Å². The molecule has 1 N–H and O–H groups in total. The molecule has 0 aliphatic heterocycles. The molecule has 0 unspecified atom stereocenters. The van der Waals surface area contributed by atoms with Crippen molar-refractivity contribution in [2.75, 3.05) is 19.3 Å². The molecule has 0 atom stereocenters. The first kappa shape index (κ1) is 22.9. The van der Waals surface area contributed by atoms with E-state index in [1.165, 1.54) is 11.8 Å². The Morgan fingerprint density at radius 1 is 1.10 bits per heavy atom. The summed E-state index contributed by atoms with van der Waals surface area (Å²) in [7, 11) is 0. The van der Waals surface area contributed by atoms with Gasteiger partial charge in [0, 0.05) is 31.1 Å². The highest BCUT2D eigenvalue weighted by atomic mass is 32.2. The first-order valence-electron chi connectivity index (χ1n) is 9.91. The number of benzene rings is 1. The molecule has 2 rings (SSSR count). The summed E-state index contributed by atoms with van der Waals surface area (Å²) in [5, 5.41) is 3.64. The van der Waals surface area contributed by atoms with Gasteiger partial charge in [0.1, 0.15) is 10.9 Å². The number of hydrogen-bond donors (Lipinski definition) is 1. The molecule has 7 heteroatoms. The SMILES string of the molecule is CCN(CC)C(=O)c1ccc(CNC(=O)c2c(C)nc(C(C)C)nc2SC)cc1. The Balaban J connectivity index is 2.10. The summed E-state index contributed by atoms with van der Waals surface area (Å²) >= 11 is 1.45. The number of aromatic nitrogens is 2. The Kier molecular flexibility index (Phi) is 8.20. The van der Waals surface area contributed by atoms with Crippen LogP contribution in [0.3, 0.4) is 0 Å². The van der Waals surface area contributed by atoms with Gasteiger partial charge in [-0.15, -0.1) is 11.8 Å². The van der Waals surface area contributed by atoms with Crippen molar-refractivity contribution in [1.29, 1.82) is 0 Å². The van der Waals surface area contributed by atoms with Crippen molar-refractivity contribution >= 4 is 23.6 Å². The standard InChI is InChI=1S/C22H30N4O2S/c1-7-26(8-2)22(28)17-11-9-16(10-12-17)13-23-20(27)18-15(5)24-19(14(3)4)25-21(18)29-6/h9-12,14H,7-8,13H2,1-6H3,(H,23,27). The summed E-state index contributed by atoms with van der Waals surface area (Å²) in [6.45, 7) is 11.6. The van der Waals surface area contributed by atoms with Crippen molar-refractivity contribution in [3.63, 3.8) is 0 Å². The van der Waals surface area contributed by atoms with Crippen molar-refractivity contribution < 1.29 is 9.59 Å². The summed E-state index contributed by atoms with van der Waals surface area (Å²) in [5.74, 6) is 0.782. The molecule has 2 aromatic rings. The lowest BCUT2D eigenvalue weighted by Crippen LogP contribution is -2.30. The normalized spacial score (nSPS) is 10.9. The van der Waals surface area contributed by atoms with Gasteiger partial charge in [-0.05, 0) is 44.7 Å². The number of thioether (sulfide) groups is 1. The molecule has 1 heterocycles. The lowest BCUT2D eigenvalue weighted by atomic mass is 10.1.